The molecule has 0 aliphatic rings. The first kappa shape index (κ1) is 27.4. The summed E-state index contributed by atoms with van der Waals surface area (Å²) in [5, 5.41) is 18.6. The molecule has 0 spiro atoms. The minimum absolute atomic E-state index is 0.0881. The summed E-state index contributed by atoms with van der Waals surface area (Å²) in [7, 11) is 0. The molecule has 0 saturated heterocycles. The lowest BCUT2D eigenvalue weighted by atomic mass is 10.00. The third kappa shape index (κ3) is 10.3. The van der Waals surface area contributed by atoms with Gasteiger partial charge in [-0.1, -0.05) is 98.3 Å². The number of hydrogen-bond acceptors (Lipinski definition) is 4. The molecule has 0 aliphatic heterocycles. The van der Waals surface area contributed by atoms with Crippen molar-refractivity contribution in [1.82, 2.24) is 0 Å². The van der Waals surface area contributed by atoms with Gasteiger partial charge >= 0.3 is 0 Å². The van der Waals surface area contributed by atoms with Gasteiger partial charge in [0.25, 0.3) is 5.17 Å². The van der Waals surface area contributed by atoms with Gasteiger partial charge in [0.15, 0.2) is 0 Å². The van der Waals surface area contributed by atoms with Crippen LogP contribution in [0.1, 0.15) is 82.3 Å². The Kier molecular flexibility index (Phi) is 12.6. The smallest absolute Gasteiger partial charge is 0.293 e. The largest absolute Gasteiger partial charge is 0.507 e. The molecular formula is C26H34Cl2N2O2S. The van der Waals surface area contributed by atoms with E-state index in [2.05, 4.69) is 17.4 Å². The zero-order chi connectivity index (χ0) is 24.1. The molecule has 0 fully saturated rings. The van der Waals surface area contributed by atoms with Gasteiger partial charge in [0.1, 0.15) is 5.75 Å². The Morgan fingerprint density at radius 1 is 0.939 bits per heavy atom. The van der Waals surface area contributed by atoms with Crippen LogP contribution < -0.4 is 5.32 Å². The number of anilines is 1. The van der Waals surface area contributed by atoms with E-state index in [1.807, 2.05) is 19.1 Å². The van der Waals surface area contributed by atoms with Gasteiger partial charge in [-0.15, -0.1) is 0 Å². The first-order chi connectivity index (χ1) is 15.9. The summed E-state index contributed by atoms with van der Waals surface area (Å²) >= 11 is 17.3. The topological polar surface area (TPSA) is 53.8 Å². The predicted molar refractivity (Wildman–Crippen MR) is 145 cm³/mol. The summed E-state index contributed by atoms with van der Waals surface area (Å²) in [5.74, 6) is 0.183. The van der Waals surface area contributed by atoms with Crippen molar-refractivity contribution >= 4 is 52.0 Å². The Hall–Kier alpha value is -1.82. The maximum absolute atomic E-state index is 10.4. The van der Waals surface area contributed by atoms with E-state index in [0.29, 0.717) is 33.4 Å². The monoisotopic (exact) mass is 508 g/mol. The fourth-order valence-electron chi connectivity index (χ4n) is 3.52. The normalized spacial score (nSPS) is 11.5. The van der Waals surface area contributed by atoms with Crippen molar-refractivity contribution < 1.29 is 9.94 Å². The third-order valence-corrected chi connectivity index (χ3v) is 6.30. The number of unbranched alkanes of at least 4 members (excludes halogenated alkanes) is 8. The molecular weight excluding hydrogens is 475 g/mol. The van der Waals surface area contributed by atoms with Crippen LogP contribution in [0.5, 0.6) is 5.75 Å². The quantitative estimate of drug-likeness (QED) is 0.122. The van der Waals surface area contributed by atoms with Crippen molar-refractivity contribution in [2.45, 2.75) is 78.1 Å². The molecule has 0 heterocycles. The van der Waals surface area contributed by atoms with Crippen LogP contribution in [0.25, 0.3) is 0 Å². The number of phenols is 1. The van der Waals surface area contributed by atoms with Crippen molar-refractivity contribution in [2.24, 2.45) is 5.16 Å². The molecule has 0 unspecified atom stereocenters. The Labute approximate surface area is 213 Å². The molecule has 0 radical (unpaired) electrons. The molecule has 0 atom stereocenters. The van der Waals surface area contributed by atoms with Gasteiger partial charge in [-0.3, -0.25) is 0 Å². The Morgan fingerprint density at radius 2 is 1.61 bits per heavy atom. The molecule has 33 heavy (non-hydrogen) atoms. The van der Waals surface area contributed by atoms with Crippen LogP contribution in [-0.2, 0) is 4.84 Å². The number of oxime groups is 1. The number of phenolic OH excluding ortho intramolecular Hbond substituents is 1. The number of thiocarbonyl (C=S) groups is 1. The average Bonchev–Trinajstić information content (AvgIpc) is 2.79. The number of hydrogen-bond donors (Lipinski definition) is 2. The summed E-state index contributed by atoms with van der Waals surface area (Å²) < 4.78 is 0. The van der Waals surface area contributed by atoms with Gasteiger partial charge in [-0.2, -0.15) is 0 Å². The van der Waals surface area contributed by atoms with Crippen LogP contribution >= 0.6 is 35.4 Å². The van der Waals surface area contributed by atoms with Crippen molar-refractivity contribution in [1.29, 1.82) is 0 Å². The van der Waals surface area contributed by atoms with Crippen LogP contribution in [0.4, 0.5) is 5.69 Å². The second-order valence-corrected chi connectivity index (χ2v) is 9.45. The van der Waals surface area contributed by atoms with Gasteiger partial charge in [0.2, 0.25) is 0 Å². The molecule has 4 nitrogen and oxygen atoms in total. The zero-order valence-corrected chi connectivity index (χ0v) is 21.8. The van der Waals surface area contributed by atoms with Crippen molar-refractivity contribution in [2.75, 3.05) is 5.32 Å². The standard InChI is InChI=1S/C26H34Cl2N2O2S/c1-3-4-5-6-7-8-9-10-11-12-24(21-17-19(2)13-16-25(21)31)30-32-26(33)29-20-14-15-22(27)23(28)18-20/h13-18,31H,3-12H2,1-2H3,(H,29,33)/b30-24+. The van der Waals surface area contributed by atoms with E-state index >= 15 is 0 Å². The molecule has 0 bridgehead atoms. The van der Waals surface area contributed by atoms with Crippen molar-refractivity contribution in [3.63, 3.8) is 0 Å². The lowest BCUT2D eigenvalue weighted by Crippen LogP contribution is -2.12. The van der Waals surface area contributed by atoms with E-state index in [1.54, 1.807) is 24.3 Å². The number of halogens is 2. The van der Waals surface area contributed by atoms with Crippen LogP contribution in [0.15, 0.2) is 41.6 Å². The minimum Gasteiger partial charge on any atom is -0.507 e. The zero-order valence-electron chi connectivity index (χ0n) is 19.5. The van der Waals surface area contributed by atoms with Gasteiger partial charge in [-0.05, 0) is 62.3 Å². The molecule has 7 heteroatoms. The number of aromatic hydroxyl groups is 1. The second kappa shape index (κ2) is 15.2. The molecule has 2 N–H and O–H groups in total. The molecule has 180 valence electrons. The summed E-state index contributed by atoms with van der Waals surface area (Å²) in [6, 6.07) is 10.6. The van der Waals surface area contributed by atoms with E-state index in [9.17, 15) is 5.11 Å². The molecule has 0 saturated carbocycles. The number of nitrogens with zero attached hydrogens (tertiary/aromatic N) is 1. The maximum atomic E-state index is 10.4. The highest BCUT2D eigenvalue weighted by molar-refractivity contribution is 7.80. The Bertz CT molecular complexity index is 935. The first-order valence-corrected chi connectivity index (χ1v) is 12.9. The minimum atomic E-state index is 0.0881. The van der Waals surface area contributed by atoms with Crippen LogP contribution in [-0.4, -0.2) is 16.0 Å². The summed E-state index contributed by atoms with van der Waals surface area (Å²) in [5.41, 5.74) is 3.05. The van der Waals surface area contributed by atoms with E-state index in [1.165, 1.54) is 44.9 Å². The summed E-state index contributed by atoms with van der Waals surface area (Å²) in [6.07, 6.45) is 11.8. The summed E-state index contributed by atoms with van der Waals surface area (Å²) in [4.78, 5) is 5.48. The molecule has 2 aromatic carbocycles. The fraction of sp³-hybridized carbons (Fsp3) is 0.462. The van der Waals surface area contributed by atoms with Crippen molar-refractivity contribution in [3.05, 3.63) is 57.6 Å². The van der Waals surface area contributed by atoms with Crippen molar-refractivity contribution in [3.8, 4) is 5.75 Å². The third-order valence-electron chi connectivity index (χ3n) is 5.38. The Morgan fingerprint density at radius 3 is 2.27 bits per heavy atom. The number of nitrogens with one attached hydrogen (secondary N) is 1. The van der Waals surface area contributed by atoms with Gasteiger partial charge in [-0.25, -0.2) is 0 Å². The Balaban J connectivity index is 1.94. The lowest BCUT2D eigenvalue weighted by molar-refractivity contribution is 0.334. The van der Waals surface area contributed by atoms with E-state index in [4.69, 9.17) is 40.3 Å². The highest BCUT2D eigenvalue weighted by Crippen LogP contribution is 2.25. The number of aryl methyl sites for hydroxylation is 1. The van der Waals surface area contributed by atoms with E-state index in [0.717, 1.165) is 18.4 Å². The average molecular weight is 510 g/mol. The first-order valence-electron chi connectivity index (χ1n) is 11.7. The number of rotatable bonds is 13. The highest BCUT2D eigenvalue weighted by Gasteiger charge is 2.12. The molecule has 2 rings (SSSR count). The second-order valence-electron chi connectivity index (χ2n) is 8.27. The van der Waals surface area contributed by atoms with Crippen LogP contribution in [0.2, 0.25) is 10.0 Å². The van der Waals surface area contributed by atoms with Crippen LogP contribution in [0, 0.1) is 6.92 Å². The van der Waals surface area contributed by atoms with Gasteiger partial charge in [0.05, 0.1) is 15.8 Å². The molecule has 0 amide bonds. The van der Waals surface area contributed by atoms with E-state index < -0.39 is 0 Å². The molecule has 0 aliphatic carbocycles. The van der Waals surface area contributed by atoms with E-state index in [-0.39, 0.29) is 10.9 Å². The summed E-state index contributed by atoms with van der Waals surface area (Å²) in [6.45, 7) is 4.22. The fourth-order valence-corrected chi connectivity index (χ4v) is 3.98. The predicted octanol–water partition coefficient (Wildman–Crippen LogP) is 9.05. The van der Waals surface area contributed by atoms with Gasteiger partial charge in [0, 0.05) is 11.3 Å². The molecule has 0 aromatic heterocycles. The lowest BCUT2D eigenvalue weighted by Gasteiger charge is -2.11. The molecule has 2 aromatic rings. The maximum Gasteiger partial charge on any atom is 0.293 e. The van der Waals surface area contributed by atoms with Gasteiger partial charge < -0.3 is 15.3 Å². The number of benzene rings is 2. The highest BCUT2D eigenvalue weighted by atomic mass is 35.5. The van der Waals surface area contributed by atoms with Crippen LogP contribution in [0.3, 0.4) is 0 Å². The SMILES string of the molecule is CCCCCCCCCCC/C(=N\OC(=S)Nc1ccc(Cl)c(Cl)c1)c1cc(C)ccc1O.